The van der Waals surface area contributed by atoms with Gasteiger partial charge in [0, 0.05) is 48.7 Å². The van der Waals surface area contributed by atoms with Gasteiger partial charge in [-0.3, -0.25) is 4.79 Å². The minimum atomic E-state index is -0.899. The Labute approximate surface area is 146 Å². The summed E-state index contributed by atoms with van der Waals surface area (Å²) in [5, 5.41) is 6.90. The molecule has 2 saturated heterocycles. The van der Waals surface area contributed by atoms with Gasteiger partial charge in [0.25, 0.3) is 0 Å². The van der Waals surface area contributed by atoms with Crippen LogP contribution < -0.4 is 15.5 Å². The van der Waals surface area contributed by atoms with Gasteiger partial charge in [0.1, 0.15) is 6.17 Å². The number of carbonyl (C=O) groups excluding carboxylic acids is 1. The molecule has 3 fully saturated rings. The third kappa shape index (κ3) is 3.11. The first kappa shape index (κ1) is 16.2. The van der Waals surface area contributed by atoms with Crippen LogP contribution in [-0.4, -0.2) is 43.8 Å². The van der Waals surface area contributed by atoms with Gasteiger partial charge in [-0.05, 0) is 43.0 Å². The number of fused-ring (bicyclic) bond motifs is 1. The van der Waals surface area contributed by atoms with E-state index in [1.165, 1.54) is 5.69 Å². The summed E-state index contributed by atoms with van der Waals surface area (Å²) in [4.78, 5) is 14.7. The van der Waals surface area contributed by atoms with Crippen LogP contribution in [0.4, 0.5) is 10.1 Å². The van der Waals surface area contributed by atoms with Crippen molar-refractivity contribution in [3.63, 3.8) is 0 Å². The monoisotopic (exact) mass is 351 g/mol. The second-order valence-corrected chi connectivity index (χ2v) is 7.73. The van der Waals surface area contributed by atoms with Gasteiger partial charge < -0.3 is 15.5 Å². The van der Waals surface area contributed by atoms with Crippen molar-refractivity contribution in [1.82, 2.24) is 10.6 Å². The molecule has 1 saturated carbocycles. The Hall–Kier alpha value is -1.33. The summed E-state index contributed by atoms with van der Waals surface area (Å²) < 4.78 is 13.3. The summed E-state index contributed by atoms with van der Waals surface area (Å²) in [5.41, 5.74) is 1.19. The predicted octanol–water partition coefficient (Wildman–Crippen LogP) is 2.37. The van der Waals surface area contributed by atoms with Gasteiger partial charge in [-0.15, -0.1) is 0 Å². The second-order valence-electron chi connectivity index (χ2n) is 7.29. The van der Waals surface area contributed by atoms with E-state index in [1.807, 2.05) is 12.1 Å². The molecular formula is C18H23ClFN3O. The molecule has 1 aromatic rings. The minimum absolute atomic E-state index is 0.0363. The highest BCUT2D eigenvalue weighted by Gasteiger charge is 2.44. The van der Waals surface area contributed by atoms with E-state index in [1.54, 1.807) is 0 Å². The van der Waals surface area contributed by atoms with Crippen LogP contribution in [0.2, 0.25) is 5.02 Å². The summed E-state index contributed by atoms with van der Waals surface area (Å²) in [7, 11) is 0. The van der Waals surface area contributed by atoms with Crippen LogP contribution in [0.1, 0.15) is 19.3 Å². The number of hydrogen-bond donors (Lipinski definition) is 2. The lowest BCUT2D eigenvalue weighted by Gasteiger charge is -2.24. The number of nitrogens with zero attached hydrogens (tertiary/aromatic N) is 1. The Morgan fingerprint density at radius 1 is 1.25 bits per heavy atom. The summed E-state index contributed by atoms with van der Waals surface area (Å²) in [5.74, 6) is 1.06. The predicted molar refractivity (Wildman–Crippen MR) is 93.1 cm³/mol. The first-order valence-corrected chi connectivity index (χ1v) is 9.16. The molecule has 2 heterocycles. The normalized spacial score (nSPS) is 35.2. The van der Waals surface area contributed by atoms with Crippen molar-refractivity contribution in [2.75, 3.05) is 24.5 Å². The van der Waals surface area contributed by atoms with Crippen LogP contribution in [0, 0.1) is 11.8 Å². The lowest BCUT2D eigenvalue weighted by atomic mass is 9.97. The lowest BCUT2D eigenvalue weighted by Crippen LogP contribution is -2.47. The van der Waals surface area contributed by atoms with E-state index in [0.717, 1.165) is 31.0 Å². The van der Waals surface area contributed by atoms with Crippen LogP contribution in [0.3, 0.4) is 0 Å². The molecule has 0 aromatic heterocycles. The van der Waals surface area contributed by atoms with E-state index in [4.69, 9.17) is 11.6 Å². The average molecular weight is 352 g/mol. The van der Waals surface area contributed by atoms with E-state index >= 15 is 0 Å². The molecule has 1 amide bonds. The van der Waals surface area contributed by atoms with Crippen LogP contribution >= 0.6 is 11.6 Å². The summed E-state index contributed by atoms with van der Waals surface area (Å²) >= 11 is 5.97. The van der Waals surface area contributed by atoms with Crippen LogP contribution in [0.15, 0.2) is 24.3 Å². The van der Waals surface area contributed by atoms with Crippen molar-refractivity contribution in [1.29, 1.82) is 0 Å². The third-order valence-electron chi connectivity index (χ3n) is 5.77. The summed E-state index contributed by atoms with van der Waals surface area (Å²) in [6.45, 7) is 2.28. The molecule has 4 nitrogen and oxygen atoms in total. The summed E-state index contributed by atoms with van der Waals surface area (Å²) in [6.07, 6.45) is 1.57. The maximum Gasteiger partial charge on any atom is 0.237 e. The molecule has 0 radical (unpaired) electrons. The standard InChI is InChI=1S/C18H23ClFN3O/c19-12-2-4-14(5-3-12)23-9-11-1-6-16(15(11)10-23)22-18(24)17-7-13(20)8-21-17/h2-5,11,13,15-17,21H,1,6-10H2,(H,22,24)/t11-,13-,15+,16+,17+/m1/s1. The van der Waals surface area contributed by atoms with E-state index in [9.17, 15) is 9.18 Å². The number of benzene rings is 1. The van der Waals surface area contributed by atoms with E-state index in [0.29, 0.717) is 24.8 Å². The maximum atomic E-state index is 13.3. The van der Waals surface area contributed by atoms with Gasteiger partial charge in [0.2, 0.25) is 5.91 Å². The Morgan fingerprint density at radius 3 is 2.75 bits per heavy atom. The highest BCUT2D eigenvalue weighted by molar-refractivity contribution is 6.30. The molecule has 0 unspecified atom stereocenters. The number of alkyl halides is 1. The van der Waals surface area contributed by atoms with Gasteiger partial charge in [0.05, 0.1) is 6.04 Å². The molecule has 1 aromatic carbocycles. The fourth-order valence-corrected chi connectivity index (χ4v) is 4.61. The van der Waals surface area contributed by atoms with Gasteiger partial charge in [0.15, 0.2) is 0 Å². The molecule has 24 heavy (non-hydrogen) atoms. The quantitative estimate of drug-likeness (QED) is 0.878. The topological polar surface area (TPSA) is 44.4 Å². The molecule has 1 aliphatic carbocycles. The van der Waals surface area contributed by atoms with Crippen molar-refractivity contribution < 1.29 is 9.18 Å². The second kappa shape index (κ2) is 6.52. The SMILES string of the molecule is O=C(N[C@H]1CC[C@@H]2CN(c3ccc(Cl)cc3)C[C@@H]21)[C@@H]1C[C@@H](F)CN1. The summed E-state index contributed by atoms with van der Waals surface area (Å²) in [6, 6.07) is 7.79. The molecule has 2 N–H and O–H groups in total. The first-order chi connectivity index (χ1) is 11.6. The molecule has 4 rings (SSSR count). The number of hydrogen-bond acceptors (Lipinski definition) is 3. The lowest BCUT2D eigenvalue weighted by molar-refractivity contribution is -0.123. The Kier molecular flexibility index (Phi) is 4.39. The molecule has 2 aliphatic heterocycles. The smallest absolute Gasteiger partial charge is 0.237 e. The van der Waals surface area contributed by atoms with Crippen LogP contribution in [0.5, 0.6) is 0 Å². The van der Waals surface area contributed by atoms with Gasteiger partial charge in [-0.25, -0.2) is 4.39 Å². The minimum Gasteiger partial charge on any atom is -0.371 e. The molecule has 3 aliphatic rings. The number of rotatable bonds is 3. The van der Waals surface area contributed by atoms with E-state index in [-0.39, 0.29) is 18.0 Å². The fraction of sp³-hybridized carbons (Fsp3) is 0.611. The Balaban J connectivity index is 1.37. The van der Waals surface area contributed by atoms with Crippen LogP contribution in [0.25, 0.3) is 0 Å². The zero-order valence-corrected chi connectivity index (χ0v) is 14.3. The van der Waals surface area contributed by atoms with Crippen molar-refractivity contribution in [2.24, 2.45) is 11.8 Å². The number of nitrogens with one attached hydrogen (secondary N) is 2. The maximum absolute atomic E-state index is 13.3. The van der Waals surface area contributed by atoms with Crippen LogP contribution in [-0.2, 0) is 4.79 Å². The number of amides is 1. The van der Waals surface area contributed by atoms with Gasteiger partial charge in [-0.2, -0.15) is 0 Å². The highest BCUT2D eigenvalue weighted by Crippen LogP contribution is 2.40. The molecule has 6 heteroatoms. The van der Waals surface area contributed by atoms with Gasteiger partial charge >= 0.3 is 0 Å². The number of halogens is 2. The third-order valence-corrected chi connectivity index (χ3v) is 6.02. The molecule has 0 spiro atoms. The highest BCUT2D eigenvalue weighted by atomic mass is 35.5. The zero-order valence-electron chi connectivity index (χ0n) is 13.6. The van der Waals surface area contributed by atoms with Crippen molar-refractivity contribution in [3.8, 4) is 0 Å². The number of anilines is 1. The average Bonchev–Trinajstić information content (AvgIpc) is 3.25. The Morgan fingerprint density at radius 2 is 2.04 bits per heavy atom. The Bertz CT molecular complexity index is 611. The molecule has 0 bridgehead atoms. The first-order valence-electron chi connectivity index (χ1n) is 8.78. The zero-order chi connectivity index (χ0) is 16.7. The van der Waals surface area contributed by atoms with E-state index in [2.05, 4.69) is 27.7 Å². The van der Waals surface area contributed by atoms with Crippen molar-refractivity contribution in [2.45, 2.75) is 37.5 Å². The van der Waals surface area contributed by atoms with Gasteiger partial charge in [-0.1, -0.05) is 11.6 Å². The van der Waals surface area contributed by atoms with Crippen molar-refractivity contribution >= 4 is 23.2 Å². The largest absolute Gasteiger partial charge is 0.371 e. The van der Waals surface area contributed by atoms with Crippen molar-refractivity contribution in [3.05, 3.63) is 29.3 Å². The molecular weight excluding hydrogens is 329 g/mol. The molecule has 5 atom stereocenters. The fourth-order valence-electron chi connectivity index (χ4n) is 4.48. The number of carbonyl (C=O) groups is 1. The van der Waals surface area contributed by atoms with E-state index < -0.39 is 6.17 Å². The molecule has 130 valence electrons.